The third kappa shape index (κ3) is 2.95. The van der Waals surface area contributed by atoms with E-state index in [-0.39, 0.29) is 0 Å². The lowest BCUT2D eigenvalue weighted by Crippen LogP contribution is -2.21. The molecule has 0 saturated carbocycles. The maximum atomic E-state index is 3.64. The van der Waals surface area contributed by atoms with Crippen molar-refractivity contribution in [1.82, 2.24) is 0 Å². The Morgan fingerprint density at radius 1 is 0.481 bits per heavy atom. The number of fused-ring (bicyclic) bond motifs is 2. The van der Waals surface area contributed by atoms with Crippen LogP contribution in [0.3, 0.4) is 0 Å². The molecule has 130 valence electrons. The van der Waals surface area contributed by atoms with Crippen LogP contribution < -0.4 is 15.9 Å². The van der Waals surface area contributed by atoms with Gasteiger partial charge < -0.3 is 5.32 Å². The highest BCUT2D eigenvalue weighted by Gasteiger charge is 2.33. The summed E-state index contributed by atoms with van der Waals surface area (Å²) < 4.78 is 0. The molecule has 27 heavy (non-hydrogen) atoms. The van der Waals surface area contributed by atoms with Crippen LogP contribution in [0.5, 0.6) is 0 Å². The fraction of sp³-hybridized carbons (Fsp3) is 0.0400. The van der Waals surface area contributed by atoms with Crippen molar-refractivity contribution in [3.63, 3.8) is 0 Å². The molecule has 2 heteroatoms. The third-order valence-corrected chi connectivity index (χ3v) is 7.89. The number of anilines is 2. The minimum absolute atomic E-state index is 0.332. The Kier molecular flexibility index (Phi) is 4.24. The highest BCUT2D eigenvalue weighted by Crippen LogP contribution is 2.58. The standard InChI is InChI=1S/C25H20NP/c1-3-11-19(12-4-1)27(20-13-5-2-6-14-20)25-21-15-7-9-17-23(21)26-24-18-10-8-16-22(24)25/h1-18,25-26H. The Labute approximate surface area is 161 Å². The highest BCUT2D eigenvalue weighted by molar-refractivity contribution is 7.73. The van der Waals surface area contributed by atoms with Gasteiger partial charge in [-0.05, 0) is 41.8 Å². The van der Waals surface area contributed by atoms with Gasteiger partial charge in [-0.25, -0.2) is 0 Å². The molecule has 1 aliphatic heterocycles. The molecule has 0 aromatic heterocycles. The first-order valence-corrected chi connectivity index (χ1v) is 10.7. The molecule has 0 radical (unpaired) electrons. The number of nitrogens with one attached hydrogen (secondary N) is 1. The molecule has 0 atom stereocenters. The SMILES string of the molecule is c1ccc(P(c2ccccc2)C2c3ccccc3Nc3ccccc32)cc1. The number of hydrogen-bond acceptors (Lipinski definition) is 1. The average molecular weight is 365 g/mol. The van der Waals surface area contributed by atoms with Gasteiger partial charge in [0.25, 0.3) is 0 Å². The topological polar surface area (TPSA) is 12.0 Å². The third-order valence-electron chi connectivity index (χ3n) is 5.11. The molecule has 0 aliphatic carbocycles. The van der Waals surface area contributed by atoms with Gasteiger partial charge in [0.1, 0.15) is 0 Å². The number of benzene rings is 4. The van der Waals surface area contributed by atoms with Gasteiger partial charge in [0.2, 0.25) is 0 Å². The normalized spacial score (nSPS) is 12.9. The van der Waals surface area contributed by atoms with E-state index >= 15 is 0 Å². The number of para-hydroxylation sites is 2. The summed E-state index contributed by atoms with van der Waals surface area (Å²) in [6.45, 7) is 0. The molecule has 1 heterocycles. The molecule has 0 unspecified atom stereocenters. The van der Waals surface area contributed by atoms with Crippen molar-refractivity contribution >= 4 is 29.9 Å². The van der Waals surface area contributed by atoms with Crippen molar-refractivity contribution < 1.29 is 0 Å². The van der Waals surface area contributed by atoms with Crippen molar-refractivity contribution in [2.24, 2.45) is 0 Å². The van der Waals surface area contributed by atoms with Gasteiger partial charge in [-0.1, -0.05) is 97.1 Å². The van der Waals surface area contributed by atoms with Gasteiger partial charge in [0.05, 0.1) is 0 Å². The second-order valence-corrected chi connectivity index (χ2v) is 9.03. The summed E-state index contributed by atoms with van der Waals surface area (Å²) >= 11 is 0. The zero-order chi connectivity index (χ0) is 18.1. The van der Waals surface area contributed by atoms with Gasteiger partial charge in [-0.3, -0.25) is 0 Å². The molecule has 4 aromatic rings. The quantitative estimate of drug-likeness (QED) is 0.441. The van der Waals surface area contributed by atoms with E-state index in [0.29, 0.717) is 5.66 Å². The molecule has 0 spiro atoms. The Morgan fingerprint density at radius 2 is 0.889 bits per heavy atom. The first-order chi connectivity index (χ1) is 13.4. The molecular formula is C25H20NP. The minimum Gasteiger partial charge on any atom is -0.355 e. The van der Waals surface area contributed by atoms with Crippen LogP contribution in [0.4, 0.5) is 11.4 Å². The lowest BCUT2D eigenvalue weighted by atomic mass is 9.97. The van der Waals surface area contributed by atoms with Crippen LogP contribution in [-0.4, -0.2) is 0 Å². The first-order valence-electron chi connectivity index (χ1n) is 9.26. The molecule has 0 bridgehead atoms. The predicted octanol–water partition coefficient (Wildman–Crippen LogP) is 5.97. The van der Waals surface area contributed by atoms with Crippen molar-refractivity contribution in [1.29, 1.82) is 0 Å². The highest BCUT2D eigenvalue weighted by atomic mass is 31.1. The van der Waals surface area contributed by atoms with Crippen LogP contribution in [0.15, 0.2) is 109 Å². The summed E-state index contributed by atoms with van der Waals surface area (Å²) in [6, 6.07) is 39.5. The van der Waals surface area contributed by atoms with E-state index in [1.807, 2.05) is 0 Å². The predicted molar refractivity (Wildman–Crippen MR) is 117 cm³/mol. The maximum Gasteiger partial charge on any atom is 0.0427 e. The maximum absolute atomic E-state index is 3.64. The van der Waals surface area contributed by atoms with Crippen LogP contribution in [0.25, 0.3) is 0 Å². The van der Waals surface area contributed by atoms with Gasteiger partial charge in [0.15, 0.2) is 0 Å². The minimum atomic E-state index is -0.582. The Bertz CT molecular complexity index is 975. The molecule has 0 amide bonds. The van der Waals surface area contributed by atoms with E-state index in [1.165, 1.54) is 33.1 Å². The Morgan fingerprint density at radius 3 is 1.37 bits per heavy atom. The summed E-state index contributed by atoms with van der Waals surface area (Å²) in [4.78, 5) is 0. The lowest BCUT2D eigenvalue weighted by Gasteiger charge is -2.35. The average Bonchev–Trinajstić information content (AvgIpc) is 2.75. The van der Waals surface area contributed by atoms with E-state index in [4.69, 9.17) is 0 Å². The summed E-state index contributed by atoms with van der Waals surface area (Å²) in [5.74, 6) is 0. The van der Waals surface area contributed by atoms with E-state index in [9.17, 15) is 0 Å². The second-order valence-electron chi connectivity index (χ2n) is 6.74. The van der Waals surface area contributed by atoms with Crippen LogP contribution in [0.2, 0.25) is 0 Å². The summed E-state index contributed by atoms with van der Waals surface area (Å²) in [6.07, 6.45) is 0. The van der Waals surface area contributed by atoms with Gasteiger partial charge >= 0.3 is 0 Å². The van der Waals surface area contributed by atoms with Gasteiger partial charge in [0, 0.05) is 17.0 Å². The first kappa shape index (κ1) is 16.3. The van der Waals surface area contributed by atoms with Crippen LogP contribution in [0, 0.1) is 0 Å². The van der Waals surface area contributed by atoms with E-state index < -0.39 is 7.92 Å². The Balaban J connectivity index is 1.77. The Hall–Kier alpha value is -2.89. The van der Waals surface area contributed by atoms with Crippen LogP contribution in [0.1, 0.15) is 16.8 Å². The molecule has 5 rings (SSSR count). The monoisotopic (exact) mass is 365 g/mol. The molecule has 1 N–H and O–H groups in total. The molecule has 0 saturated heterocycles. The summed E-state index contributed by atoms with van der Waals surface area (Å²) in [5, 5.41) is 6.46. The fourth-order valence-corrected chi connectivity index (χ4v) is 6.80. The molecule has 4 aromatic carbocycles. The molecule has 1 aliphatic rings. The smallest absolute Gasteiger partial charge is 0.0427 e. The van der Waals surface area contributed by atoms with Gasteiger partial charge in [-0.2, -0.15) is 0 Å². The van der Waals surface area contributed by atoms with E-state index in [2.05, 4.69) is 115 Å². The largest absolute Gasteiger partial charge is 0.355 e. The van der Waals surface area contributed by atoms with Crippen LogP contribution in [-0.2, 0) is 0 Å². The molecule has 1 nitrogen and oxygen atoms in total. The number of rotatable bonds is 3. The van der Waals surface area contributed by atoms with E-state index in [0.717, 1.165) is 0 Å². The fourth-order valence-electron chi connectivity index (χ4n) is 3.91. The molecular weight excluding hydrogens is 345 g/mol. The van der Waals surface area contributed by atoms with Crippen molar-refractivity contribution in [2.45, 2.75) is 5.66 Å². The van der Waals surface area contributed by atoms with Crippen molar-refractivity contribution in [2.75, 3.05) is 5.32 Å². The second kappa shape index (κ2) is 7.02. The zero-order valence-corrected chi connectivity index (χ0v) is 15.8. The molecule has 0 fully saturated rings. The lowest BCUT2D eigenvalue weighted by molar-refractivity contribution is 1.12. The number of hydrogen-bond donors (Lipinski definition) is 1. The van der Waals surface area contributed by atoms with Crippen molar-refractivity contribution in [3.05, 3.63) is 120 Å². The zero-order valence-electron chi connectivity index (χ0n) is 14.9. The summed E-state index contributed by atoms with van der Waals surface area (Å²) in [5.41, 5.74) is 5.55. The van der Waals surface area contributed by atoms with Gasteiger partial charge in [-0.15, -0.1) is 0 Å². The van der Waals surface area contributed by atoms with Crippen molar-refractivity contribution in [3.8, 4) is 0 Å². The summed E-state index contributed by atoms with van der Waals surface area (Å²) in [7, 11) is -0.582. The van der Waals surface area contributed by atoms with Crippen LogP contribution >= 0.6 is 7.92 Å². The van der Waals surface area contributed by atoms with E-state index in [1.54, 1.807) is 0 Å².